The van der Waals surface area contributed by atoms with Crippen LogP contribution in [0.3, 0.4) is 0 Å². The Kier molecular flexibility index (Phi) is 2.31. The van der Waals surface area contributed by atoms with Crippen LogP contribution >= 0.6 is 0 Å². The Bertz CT molecular complexity index is 431. The molecule has 1 spiro atoms. The lowest BCUT2D eigenvalue weighted by Crippen LogP contribution is -2.44. The SMILES string of the molecule is CS(=O)(=O)N1CCCC12C=CC(=O)C=C2. The van der Waals surface area contributed by atoms with Crippen molar-refractivity contribution in [3.63, 3.8) is 0 Å². The number of allylic oxidation sites excluding steroid dienone is 2. The largest absolute Gasteiger partial charge is 0.290 e. The molecule has 4 nitrogen and oxygen atoms in total. The second-order valence-corrected chi connectivity index (χ2v) is 5.91. The van der Waals surface area contributed by atoms with Crippen molar-refractivity contribution < 1.29 is 13.2 Å². The number of sulfonamides is 1. The van der Waals surface area contributed by atoms with E-state index in [1.807, 2.05) is 0 Å². The molecule has 1 saturated heterocycles. The first-order chi connectivity index (χ1) is 6.94. The molecule has 1 fully saturated rings. The van der Waals surface area contributed by atoms with Gasteiger partial charge in [0.15, 0.2) is 5.78 Å². The maximum Gasteiger partial charge on any atom is 0.212 e. The first-order valence-corrected chi connectivity index (χ1v) is 6.69. The highest BCUT2D eigenvalue weighted by molar-refractivity contribution is 7.88. The van der Waals surface area contributed by atoms with Gasteiger partial charge in [-0.1, -0.05) is 12.2 Å². The predicted molar refractivity (Wildman–Crippen MR) is 56.8 cm³/mol. The van der Waals surface area contributed by atoms with Crippen molar-refractivity contribution in [2.75, 3.05) is 12.8 Å². The molecule has 0 aromatic heterocycles. The molecule has 2 rings (SSSR count). The maximum atomic E-state index is 11.6. The van der Waals surface area contributed by atoms with Crippen LogP contribution in [0.25, 0.3) is 0 Å². The van der Waals surface area contributed by atoms with Crippen molar-refractivity contribution >= 4 is 15.8 Å². The summed E-state index contributed by atoms with van der Waals surface area (Å²) in [6, 6.07) is 0. The van der Waals surface area contributed by atoms with Gasteiger partial charge in [0.05, 0.1) is 11.8 Å². The van der Waals surface area contributed by atoms with E-state index in [0.717, 1.165) is 12.8 Å². The summed E-state index contributed by atoms with van der Waals surface area (Å²) in [5, 5.41) is 0. The fourth-order valence-corrected chi connectivity index (χ4v) is 3.50. The van der Waals surface area contributed by atoms with Crippen molar-refractivity contribution in [2.45, 2.75) is 18.4 Å². The van der Waals surface area contributed by atoms with Gasteiger partial charge in [0, 0.05) is 6.54 Å². The van der Waals surface area contributed by atoms with Crippen LogP contribution in [0.1, 0.15) is 12.8 Å². The quantitative estimate of drug-likeness (QED) is 0.654. The van der Waals surface area contributed by atoms with Crippen molar-refractivity contribution in [1.29, 1.82) is 0 Å². The molecule has 0 aromatic carbocycles. The molecule has 82 valence electrons. The normalized spacial score (nSPS) is 25.3. The first kappa shape index (κ1) is 10.6. The number of hydrogen-bond donors (Lipinski definition) is 0. The van der Waals surface area contributed by atoms with Crippen molar-refractivity contribution in [3.05, 3.63) is 24.3 Å². The van der Waals surface area contributed by atoms with E-state index in [-0.39, 0.29) is 5.78 Å². The number of carbonyl (C=O) groups is 1. The van der Waals surface area contributed by atoms with Crippen LogP contribution in [0.5, 0.6) is 0 Å². The zero-order valence-corrected chi connectivity index (χ0v) is 9.33. The van der Waals surface area contributed by atoms with Crippen LogP contribution < -0.4 is 0 Å². The minimum Gasteiger partial charge on any atom is -0.290 e. The van der Waals surface area contributed by atoms with Gasteiger partial charge in [-0.3, -0.25) is 4.79 Å². The third kappa shape index (κ3) is 1.77. The zero-order valence-electron chi connectivity index (χ0n) is 8.51. The lowest BCUT2D eigenvalue weighted by Gasteiger charge is -2.32. The smallest absolute Gasteiger partial charge is 0.212 e. The Morgan fingerprint density at radius 1 is 1.33 bits per heavy atom. The average molecular weight is 227 g/mol. The molecule has 0 atom stereocenters. The highest BCUT2D eigenvalue weighted by atomic mass is 32.2. The second-order valence-electron chi connectivity index (χ2n) is 4.00. The van der Waals surface area contributed by atoms with Gasteiger partial charge >= 0.3 is 0 Å². The van der Waals surface area contributed by atoms with Crippen LogP contribution in [0.15, 0.2) is 24.3 Å². The Hall–Kier alpha value is -0.940. The standard InChI is InChI=1S/C10H13NO3S/c1-15(13,14)11-8-2-5-10(11)6-3-9(12)4-7-10/h3-4,6-7H,2,5,8H2,1H3. The van der Waals surface area contributed by atoms with Gasteiger partial charge in [-0.05, 0) is 25.0 Å². The first-order valence-electron chi connectivity index (χ1n) is 4.84. The predicted octanol–water partition coefficient (Wildman–Crippen LogP) is 0.476. The lowest BCUT2D eigenvalue weighted by molar-refractivity contribution is -0.110. The molecule has 0 N–H and O–H groups in total. The molecule has 0 amide bonds. The summed E-state index contributed by atoms with van der Waals surface area (Å²) in [4.78, 5) is 11.0. The highest BCUT2D eigenvalue weighted by Crippen LogP contribution is 2.35. The summed E-state index contributed by atoms with van der Waals surface area (Å²) in [6.45, 7) is 0.529. The van der Waals surface area contributed by atoms with Crippen LogP contribution in [0.4, 0.5) is 0 Å². The number of carbonyl (C=O) groups excluding carboxylic acids is 1. The maximum absolute atomic E-state index is 11.6. The van der Waals surface area contributed by atoms with Gasteiger partial charge in [0.25, 0.3) is 0 Å². The van der Waals surface area contributed by atoms with Crippen LogP contribution in [0, 0.1) is 0 Å². The summed E-state index contributed by atoms with van der Waals surface area (Å²) in [5.74, 6) is -0.0824. The molecule has 5 heteroatoms. The molecule has 0 aromatic rings. The van der Waals surface area contributed by atoms with Crippen molar-refractivity contribution in [3.8, 4) is 0 Å². The summed E-state index contributed by atoms with van der Waals surface area (Å²) in [7, 11) is -3.21. The number of hydrogen-bond acceptors (Lipinski definition) is 3. The van der Waals surface area contributed by atoms with E-state index < -0.39 is 15.6 Å². The molecule has 2 aliphatic rings. The Labute approximate surface area is 89.3 Å². The lowest BCUT2D eigenvalue weighted by atomic mass is 9.92. The van der Waals surface area contributed by atoms with E-state index in [9.17, 15) is 13.2 Å². The molecule has 1 aliphatic carbocycles. The van der Waals surface area contributed by atoms with E-state index in [4.69, 9.17) is 0 Å². The molecule has 1 heterocycles. The fraction of sp³-hybridized carbons (Fsp3) is 0.500. The summed E-state index contributed by atoms with van der Waals surface area (Å²) >= 11 is 0. The monoisotopic (exact) mass is 227 g/mol. The average Bonchev–Trinajstić information content (AvgIpc) is 2.54. The molecule has 1 aliphatic heterocycles. The van der Waals surface area contributed by atoms with Crippen molar-refractivity contribution in [1.82, 2.24) is 4.31 Å². The van der Waals surface area contributed by atoms with Gasteiger partial charge in [-0.15, -0.1) is 0 Å². The van der Waals surface area contributed by atoms with E-state index in [1.165, 1.54) is 22.7 Å². The fourth-order valence-electron chi connectivity index (χ4n) is 2.21. The minimum atomic E-state index is -3.21. The molecule has 0 radical (unpaired) electrons. The molecule has 0 saturated carbocycles. The minimum absolute atomic E-state index is 0.0824. The molecule has 0 unspecified atom stereocenters. The van der Waals surface area contributed by atoms with Gasteiger partial charge in [-0.2, -0.15) is 4.31 Å². The van der Waals surface area contributed by atoms with Crippen LogP contribution in [0.2, 0.25) is 0 Å². The molecular weight excluding hydrogens is 214 g/mol. The van der Waals surface area contributed by atoms with E-state index in [1.54, 1.807) is 12.2 Å². The summed E-state index contributed by atoms with van der Waals surface area (Å²) < 4.78 is 24.6. The van der Waals surface area contributed by atoms with Crippen molar-refractivity contribution in [2.24, 2.45) is 0 Å². The van der Waals surface area contributed by atoms with Gasteiger partial charge in [-0.25, -0.2) is 8.42 Å². The third-order valence-corrected chi connectivity index (χ3v) is 4.20. The highest BCUT2D eigenvalue weighted by Gasteiger charge is 2.42. The topological polar surface area (TPSA) is 54.5 Å². The summed E-state index contributed by atoms with van der Waals surface area (Å²) in [6.07, 6.45) is 9.08. The number of ketones is 1. The van der Waals surface area contributed by atoms with Crippen LogP contribution in [-0.2, 0) is 14.8 Å². The summed E-state index contributed by atoms with van der Waals surface area (Å²) in [5.41, 5.74) is -0.582. The van der Waals surface area contributed by atoms with E-state index in [0.29, 0.717) is 6.54 Å². The Morgan fingerprint density at radius 3 is 2.47 bits per heavy atom. The Balaban J connectivity index is 2.40. The van der Waals surface area contributed by atoms with Gasteiger partial charge < -0.3 is 0 Å². The number of nitrogens with zero attached hydrogens (tertiary/aromatic N) is 1. The van der Waals surface area contributed by atoms with Gasteiger partial charge in [0.1, 0.15) is 0 Å². The third-order valence-electron chi connectivity index (χ3n) is 2.88. The number of rotatable bonds is 1. The van der Waals surface area contributed by atoms with Gasteiger partial charge in [0.2, 0.25) is 10.0 Å². The molecule has 0 bridgehead atoms. The zero-order chi connectivity index (χ0) is 11.1. The Morgan fingerprint density at radius 2 is 1.93 bits per heavy atom. The molecular formula is C10H13NO3S. The van der Waals surface area contributed by atoms with E-state index >= 15 is 0 Å². The second kappa shape index (κ2) is 3.28. The van der Waals surface area contributed by atoms with Crippen LogP contribution in [-0.4, -0.2) is 36.8 Å². The molecule has 15 heavy (non-hydrogen) atoms. The van der Waals surface area contributed by atoms with E-state index in [2.05, 4.69) is 0 Å².